The number of hydrogen-bond acceptors (Lipinski definition) is 10. The number of carbonyl (C=O) groups is 3. The average Bonchev–Trinajstić information content (AvgIpc) is 3.26. The number of carboxylic acids is 1. The standard InChI is InChI=1S/C20H19N7O5S3/c1-32-25-12(11-8-35-20(22)23-11)16(28)24-13-17(29)27-14(19(30)31)10(7-34-18(13)27)6-26-4-2-9(3-5-26)15(21)33/h2-5,8,13,18H,6-7H2,1H3,(H5-,21,22,23,24,28,30,31,33)/p+1/b25-12-/t13-,18-/m1/s1. The number of nitrogen functional groups attached to an aromatic ring is 1. The first-order valence-electron chi connectivity index (χ1n) is 10.0. The lowest BCUT2D eigenvalue weighted by molar-refractivity contribution is -0.689. The third-order valence-corrected chi connectivity index (χ3v) is 7.50. The predicted octanol–water partition coefficient (Wildman–Crippen LogP) is -0.564. The molecular formula is C20H20N7O5S3+. The molecule has 4 rings (SSSR count). The highest BCUT2D eigenvalue weighted by Gasteiger charge is 2.54. The molecule has 2 aromatic heterocycles. The number of carboxylic acid groups (broad SMARTS) is 1. The highest BCUT2D eigenvalue weighted by atomic mass is 32.2. The van der Waals surface area contributed by atoms with Crippen LogP contribution in [0, 0.1) is 0 Å². The molecule has 2 amide bonds. The lowest BCUT2D eigenvalue weighted by atomic mass is 10.0. The second-order valence-corrected chi connectivity index (χ2v) is 9.87. The number of carbonyl (C=O) groups excluding carboxylic acids is 2. The Morgan fingerprint density at radius 2 is 2.14 bits per heavy atom. The summed E-state index contributed by atoms with van der Waals surface area (Å²) in [6, 6.07) is 2.54. The van der Waals surface area contributed by atoms with Gasteiger partial charge in [-0.1, -0.05) is 17.4 Å². The molecule has 2 aliphatic rings. The van der Waals surface area contributed by atoms with E-state index < -0.39 is 29.2 Å². The van der Waals surface area contributed by atoms with Gasteiger partial charge in [0.15, 0.2) is 29.8 Å². The van der Waals surface area contributed by atoms with Gasteiger partial charge < -0.3 is 26.7 Å². The molecule has 4 heterocycles. The summed E-state index contributed by atoms with van der Waals surface area (Å²) >= 11 is 7.43. The number of nitrogens with two attached hydrogens (primary N) is 2. The zero-order valence-corrected chi connectivity index (χ0v) is 20.7. The molecule has 2 atom stereocenters. The Labute approximate surface area is 212 Å². The van der Waals surface area contributed by atoms with Gasteiger partial charge >= 0.3 is 5.97 Å². The summed E-state index contributed by atoms with van der Waals surface area (Å²) in [4.78, 5) is 48.1. The number of anilines is 1. The number of thioether (sulfide) groups is 1. The molecule has 15 heteroatoms. The smallest absolute Gasteiger partial charge is 0.352 e. The van der Waals surface area contributed by atoms with E-state index in [1.807, 2.05) is 0 Å². The molecule has 0 bridgehead atoms. The maximum absolute atomic E-state index is 12.9. The summed E-state index contributed by atoms with van der Waals surface area (Å²) in [7, 11) is 1.28. The Hall–Kier alpha value is -3.56. The number of aliphatic carboxylic acids is 1. The number of β-lactam (4-membered cyclic amide) rings is 1. The van der Waals surface area contributed by atoms with Gasteiger partial charge in [-0.05, 0) is 0 Å². The van der Waals surface area contributed by atoms with Gasteiger partial charge in [-0.15, -0.1) is 23.1 Å². The molecule has 1 saturated heterocycles. The minimum absolute atomic E-state index is 0.0896. The van der Waals surface area contributed by atoms with E-state index >= 15 is 0 Å². The summed E-state index contributed by atoms with van der Waals surface area (Å²) in [5.41, 5.74) is 12.5. The first kappa shape index (κ1) is 24.6. The van der Waals surface area contributed by atoms with Gasteiger partial charge in [0.1, 0.15) is 34.9 Å². The molecule has 182 valence electrons. The van der Waals surface area contributed by atoms with E-state index in [1.165, 1.54) is 23.8 Å². The molecule has 6 N–H and O–H groups in total. The van der Waals surface area contributed by atoms with Crippen molar-refractivity contribution < 1.29 is 28.9 Å². The number of thiocarbonyl (C=S) groups is 1. The molecule has 0 spiro atoms. The summed E-state index contributed by atoms with van der Waals surface area (Å²) in [5.74, 6) is -2.08. The maximum atomic E-state index is 12.9. The van der Waals surface area contributed by atoms with Gasteiger partial charge in [-0.2, -0.15) is 0 Å². The van der Waals surface area contributed by atoms with Crippen LogP contribution in [-0.4, -0.2) is 67.8 Å². The van der Waals surface area contributed by atoms with Gasteiger partial charge in [-0.3, -0.25) is 14.5 Å². The van der Waals surface area contributed by atoms with E-state index in [-0.39, 0.29) is 33.8 Å². The fraction of sp³-hybridized carbons (Fsp3) is 0.250. The van der Waals surface area contributed by atoms with Gasteiger partial charge in [0.25, 0.3) is 11.8 Å². The van der Waals surface area contributed by atoms with Gasteiger partial charge in [0.05, 0.1) is 0 Å². The quantitative estimate of drug-likeness (QED) is 0.113. The highest BCUT2D eigenvalue weighted by Crippen LogP contribution is 2.40. The number of pyridine rings is 1. The Morgan fingerprint density at radius 3 is 2.71 bits per heavy atom. The number of oxime groups is 1. The SMILES string of the molecule is CO/N=C(\C(=O)N[C@@H]1C(=O)N2C(C(=O)O)=C(C[n+]3ccc(C(N)=S)cc3)CS[C@H]12)c1csc(N)n1. The van der Waals surface area contributed by atoms with Crippen LogP contribution in [0.2, 0.25) is 0 Å². The van der Waals surface area contributed by atoms with E-state index in [2.05, 4.69) is 15.5 Å². The van der Waals surface area contributed by atoms with Crippen molar-refractivity contribution in [2.75, 3.05) is 18.6 Å². The molecule has 12 nitrogen and oxygen atoms in total. The lowest BCUT2D eigenvalue weighted by Gasteiger charge is -2.49. The van der Waals surface area contributed by atoms with Crippen molar-refractivity contribution in [1.29, 1.82) is 0 Å². The van der Waals surface area contributed by atoms with Crippen molar-refractivity contribution in [2.24, 2.45) is 10.9 Å². The molecular weight excluding hydrogens is 514 g/mol. The number of hydrogen-bond donors (Lipinski definition) is 4. The highest BCUT2D eigenvalue weighted by molar-refractivity contribution is 8.00. The molecule has 2 aliphatic heterocycles. The number of fused-ring (bicyclic) bond motifs is 1. The molecule has 35 heavy (non-hydrogen) atoms. The third-order valence-electron chi connectivity index (χ3n) is 5.25. The monoisotopic (exact) mass is 534 g/mol. The lowest BCUT2D eigenvalue weighted by Crippen LogP contribution is -2.71. The average molecular weight is 535 g/mol. The van der Waals surface area contributed by atoms with E-state index in [1.54, 1.807) is 34.5 Å². The molecule has 1 fully saturated rings. The van der Waals surface area contributed by atoms with Crippen molar-refractivity contribution in [3.8, 4) is 0 Å². The van der Waals surface area contributed by atoms with Crippen molar-refractivity contribution >= 4 is 68.9 Å². The fourth-order valence-corrected chi connectivity index (χ4v) is 5.67. The maximum Gasteiger partial charge on any atom is 0.352 e. The number of amides is 2. The summed E-state index contributed by atoms with van der Waals surface area (Å²) in [5, 5.41) is 17.4. The van der Waals surface area contributed by atoms with Gasteiger partial charge in [0.2, 0.25) is 0 Å². The van der Waals surface area contributed by atoms with Crippen LogP contribution in [-0.2, 0) is 25.8 Å². The number of nitrogens with zero attached hydrogens (tertiary/aromatic N) is 4. The number of nitrogens with one attached hydrogen (secondary N) is 1. The van der Waals surface area contributed by atoms with Crippen LogP contribution in [0.1, 0.15) is 11.3 Å². The van der Waals surface area contributed by atoms with Gasteiger partial charge in [0, 0.05) is 34.4 Å². The van der Waals surface area contributed by atoms with E-state index in [0.29, 0.717) is 16.9 Å². The van der Waals surface area contributed by atoms with Crippen LogP contribution < -0.4 is 21.4 Å². The van der Waals surface area contributed by atoms with Crippen molar-refractivity contribution in [3.63, 3.8) is 0 Å². The number of thiazole rings is 1. The summed E-state index contributed by atoms with van der Waals surface area (Å²) < 4.78 is 1.78. The minimum atomic E-state index is -1.22. The third kappa shape index (κ3) is 4.82. The predicted molar refractivity (Wildman–Crippen MR) is 132 cm³/mol. The molecule has 0 radical (unpaired) electrons. The van der Waals surface area contributed by atoms with Crippen LogP contribution >= 0.6 is 35.3 Å². The summed E-state index contributed by atoms with van der Waals surface area (Å²) in [6.07, 6.45) is 3.47. The largest absolute Gasteiger partial charge is 0.477 e. The van der Waals surface area contributed by atoms with E-state index in [0.717, 1.165) is 11.3 Å². The number of aromatic nitrogens is 2. The topological polar surface area (TPSA) is 177 Å². The molecule has 0 unspecified atom stereocenters. The Morgan fingerprint density at radius 1 is 1.43 bits per heavy atom. The van der Waals surface area contributed by atoms with Crippen molar-refractivity contribution in [3.05, 3.63) is 52.4 Å². The normalized spacial score (nSPS) is 19.6. The minimum Gasteiger partial charge on any atom is -0.477 e. The van der Waals surface area contributed by atoms with E-state index in [9.17, 15) is 19.5 Å². The molecule has 0 aliphatic carbocycles. The number of rotatable bonds is 8. The van der Waals surface area contributed by atoms with Crippen LogP contribution in [0.3, 0.4) is 0 Å². The Bertz CT molecular complexity index is 1270. The van der Waals surface area contributed by atoms with E-state index in [4.69, 9.17) is 28.5 Å². The van der Waals surface area contributed by atoms with Crippen LogP contribution in [0.4, 0.5) is 5.13 Å². The molecule has 2 aromatic rings. The second-order valence-electron chi connectivity index (χ2n) is 7.44. The van der Waals surface area contributed by atoms with Crippen LogP contribution in [0.25, 0.3) is 0 Å². The first-order valence-corrected chi connectivity index (χ1v) is 12.4. The van der Waals surface area contributed by atoms with Gasteiger partial charge in [-0.25, -0.2) is 14.3 Å². The van der Waals surface area contributed by atoms with Crippen LogP contribution in [0.5, 0.6) is 0 Å². The zero-order valence-electron chi connectivity index (χ0n) is 18.2. The van der Waals surface area contributed by atoms with Crippen molar-refractivity contribution in [2.45, 2.75) is 18.0 Å². The fourth-order valence-electron chi connectivity index (χ4n) is 3.65. The molecule has 0 saturated carbocycles. The van der Waals surface area contributed by atoms with Crippen molar-refractivity contribution in [1.82, 2.24) is 15.2 Å². The zero-order chi connectivity index (χ0) is 25.3. The Balaban J connectivity index is 1.52. The Kier molecular flexibility index (Phi) is 7.00. The second kappa shape index (κ2) is 9.97. The first-order chi connectivity index (χ1) is 16.7. The van der Waals surface area contributed by atoms with Crippen LogP contribution in [0.15, 0.2) is 46.3 Å². The summed E-state index contributed by atoms with van der Waals surface area (Å²) in [6.45, 7) is 0.260. The molecule has 0 aromatic carbocycles.